The van der Waals surface area contributed by atoms with Crippen LogP contribution in [0.2, 0.25) is 0 Å². The highest BCUT2D eigenvalue weighted by Crippen LogP contribution is 2.20. The largest absolute Gasteiger partial charge is 0.328 e. The number of hydrogen-bond acceptors (Lipinski definition) is 2. The number of rotatable bonds is 4. The maximum atomic E-state index is 13.6. The molecule has 0 bridgehead atoms. The number of hydrogen-bond donors (Lipinski definition) is 1. The van der Waals surface area contributed by atoms with Gasteiger partial charge in [-0.3, -0.25) is 9.59 Å². The molecule has 0 radical (unpaired) electrons. The van der Waals surface area contributed by atoms with Crippen LogP contribution in [0.1, 0.15) is 19.4 Å². The molecular weight excluding hydrogens is 333 g/mol. The molecule has 2 amide bonds. The smallest absolute Gasteiger partial charge is 0.314 e. The fraction of sp³-hybridized carbons (Fsp3) is 0.222. The van der Waals surface area contributed by atoms with Crippen LogP contribution in [-0.4, -0.2) is 22.8 Å². The summed E-state index contributed by atoms with van der Waals surface area (Å²) in [6.07, 6.45) is 0. The van der Waals surface area contributed by atoms with Crippen LogP contribution in [0.15, 0.2) is 42.5 Å². The minimum absolute atomic E-state index is 0.186. The van der Waals surface area contributed by atoms with Gasteiger partial charge >= 0.3 is 11.8 Å². The van der Waals surface area contributed by atoms with Crippen molar-refractivity contribution in [2.75, 3.05) is 5.32 Å². The van der Waals surface area contributed by atoms with Crippen molar-refractivity contribution in [3.05, 3.63) is 65.5 Å². The van der Waals surface area contributed by atoms with Gasteiger partial charge in [-0.15, -0.1) is 0 Å². The van der Waals surface area contributed by atoms with E-state index in [4.69, 9.17) is 0 Å². The van der Waals surface area contributed by atoms with Crippen LogP contribution in [-0.2, 0) is 16.1 Å². The molecule has 0 aliphatic rings. The fourth-order valence-electron chi connectivity index (χ4n) is 2.20. The normalized spacial score (nSPS) is 10.6. The van der Waals surface area contributed by atoms with Gasteiger partial charge in [-0.25, -0.2) is 13.2 Å². The van der Waals surface area contributed by atoms with Crippen molar-refractivity contribution in [1.29, 1.82) is 0 Å². The SMILES string of the molecule is CC(C)N(Cc1ccccc1)C(=O)C(=O)Nc1ccc(F)c(F)c1F. The maximum absolute atomic E-state index is 13.6. The third-order valence-corrected chi connectivity index (χ3v) is 3.56. The monoisotopic (exact) mass is 350 g/mol. The highest BCUT2D eigenvalue weighted by Gasteiger charge is 2.26. The van der Waals surface area contributed by atoms with E-state index in [1.807, 2.05) is 11.4 Å². The van der Waals surface area contributed by atoms with E-state index in [1.165, 1.54) is 4.90 Å². The molecule has 0 heterocycles. The van der Waals surface area contributed by atoms with Crippen molar-refractivity contribution >= 4 is 17.5 Å². The molecule has 2 rings (SSSR count). The van der Waals surface area contributed by atoms with Gasteiger partial charge in [0, 0.05) is 12.6 Å². The van der Waals surface area contributed by atoms with E-state index in [0.717, 1.165) is 11.6 Å². The summed E-state index contributed by atoms with van der Waals surface area (Å²) in [5, 5.41) is 1.99. The number of benzene rings is 2. The highest BCUT2D eigenvalue weighted by atomic mass is 19.2. The minimum Gasteiger partial charge on any atom is -0.328 e. The lowest BCUT2D eigenvalue weighted by Gasteiger charge is -2.26. The molecular formula is C18H17F3N2O2. The maximum Gasteiger partial charge on any atom is 0.314 e. The molecule has 0 aromatic heterocycles. The average Bonchev–Trinajstić information content (AvgIpc) is 2.60. The molecule has 0 unspecified atom stereocenters. The quantitative estimate of drug-likeness (QED) is 0.678. The molecule has 1 N–H and O–H groups in total. The molecule has 2 aromatic carbocycles. The van der Waals surface area contributed by atoms with Crippen LogP contribution in [0.5, 0.6) is 0 Å². The van der Waals surface area contributed by atoms with E-state index in [1.54, 1.807) is 38.1 Å². The average molecular weight is 350 g/mol. The molecule has 7 heteroatoms. The molecule has 0 aliphatic carbocycles. The Bertz CT molecular complexity index is 779. The lowest BCUT2D eigenvalue weighted by Crippen LogP contribution is -2.43. The number of carbonyl (C=O) groups excluding carboxylic acids is 2. The van der Waals surface area contributed by atoms with Crippen molar-refractivity contribution in [3.8, 4) is 0 Å². The molecule has 0 saturated heterocycles. The van der Waals surface area contributed by atoms with Crippen LogP contribution in [0.25, 0.3) is 0 Å². The summed E-state index contributed by atoms with van der Waals surface area (Å²) in [5.41, 5.74) is 0.219. The molecule has 2 aromatic rings. The molecule has 0 saturated carbocycles. The van der Waals surface area contributed by atoms with Gasteiger partial charge in [0.2, 0.25) is 0 Å². The van der Waals surface area contributed by atoms with Crippen LogP contribution < -0.4 is 5.32 Å². The topological polar surface area (TPSA) is 49.4 Å². The van der Waals surface area contributed by atoms with Crippen LogP contribution in [0.4, 0.5) is 18.9 Å². The van der Waals surface area contributed by atoms with Crippen molar-refractivity contribution < 1.29 is 22.8 Å². The number of anilines is 1. The standard InChI is InChI=1S/C18H17F3N2O2/c1-11(2)23(10-12-6-4-3-5-7-12)18(25)17(24)22-14-9-8-13(19)15(20)16(14)21/h3-9,11H,10H2,1-2H3,(H,22,24). The molecule has 0 aliphatic heterocycles. The molecule has 0 atom stereocenters. The third-order valence-electron chi connectivity index (χ3n) is 3.56. The first kappa shape index (κ1) is 18.5. The summed E-state index contributed by atoms with van der Waals surface area (Å²) in [4.78, 5) is 25.8. The Morgan fingerprint density at radius 1 is 1.00 bits per heavy atom. The molecule has 0 fully saturated rings. The zero-order valence-electron chi connectivity index (χ0n) is 13.7. The van der Waals surface area contributed by atoms with Gasteiger partial charge in [-0.05, 0) is 31.5 Å². The highest BCUT2D eigenvalue weighted by molar-refractivity contribution is 6.39. The minimum atomic E-state index is -1.71. The van der Waals surface area contributed by atoms with E-state index >= 15 is 0 Å². The van der Waals surface area contributed by atoms with Crippen molar-refractivity contribution in [2.45, 2.75) is 26.4 Å². The Labute approximate surface area is 143 Å². The third kappa shape index (κ3) is 4.37. The summed E-state index contributed by atoms with van der Waals surface area (Å²) >= 11 is 0. The number of halogens is 3. The van der Waals surface area contributed by atoms with Gasteiger partial charge in [0.15, 0.2) is 17.5 Å². The van der Waals surface area contributed by atoms with Crippen LogP contribution in [0.3, 0.4) is 0 Å². The molecule has 25 heavy (non-hydrogen) atoms. The Balaban J connectivity index is 2.16. The summed E-state index contributed by atoms with van der Waals surface area (Å²) in [6.45, 7) is 3.64. The summed E-state index contributed by atoms with van der Waals surface area (Å²) < 4.78 is 39.8. The van der Waals surface area contributed by atoms with Gasteiger partial charge in [0.05, 0.1) is 5.69 Å². The first-order chi connectivity index (χ1) is 11.8. The zero-order valence-corrected chi connectivity index (χ0v) is 13.7. The lowest BCUT2D eigenvalue weighted by atomic mass is 10.2. The fourth-order valence-corrected chi connectivity index (χ4v) is 2.20. The zero-order chi connectivity index (χ0) is 18.6. The number of amides is 2. The number of nitrogens with zero attached hydrogens (tertiary/aromatic N) is 1. The van der Waals surface area contributed by atoms with Gasteiger partial charge < -0.3 is 10.2 Å². The van der Waals surface area contributed by atoms with E-state index in [-0.39, 0.29) is 12.6 Å². The Kier molecular flexibility index (Phi) is 5.80. The Hall–Kier alpha value is -2.83. The predicted octanol–water partition coefficient (Wildman–Crippen LogP) is 3.48. The van der Waals surface area contributed by atoms with E-state index in [9.17, 15) is 22.8 Å². The van der Waals surface area contributed by atoms with Gasteiger partial charge in [0.1, 0.15) is 0 Å². The summed E-state index contributed by atoms with van der Waals surface area (Å²) in [7, 11) is 0. The van der Waals surface area contributed by atoms with E-state index in [0.29, 0.717) is 6.07 Å². The van der Waals surface area contributed by atoms with Crippen molar-refractivity contribution in [3.63, 3.8) is 0 Å². The first-order valence-electron chi connectivity index (χ1n) is 7.60. The van der Waals surface area contributed by atoms with E-state index in [2.05, 4.69) is 0 Å². The Morgan fingerprint density at radius 2 is 1.64 bits per heavy atom. The van der Waals surface area contributed by atoms with Crippen LogP contribution >= 0.6 is 0 Å². The predicted molar refractivity (Wildman–Crippen MR) is 87.1 cm³/mol. The second kappa shape index (κ2) is 7.83. The second-order valence-corrected chi connectivity index (χ2v) is 5.69. The molecule has 4 nitrogen and oxygen atoms in total. The van der Waals surface area contributed by atoms with Gasteiger partial charge in [0.25, 0.3) is 0 Å². The van der Waals surface area contributed by atoms with Crippen molar-refractivity contribution in [2.24, 2.45) is 0 Å². The molecule has 132 valence electrons. The summed E-state index contributed by atoms with van der Waals surface area (Å²) in [5.74, 6) is -6.68. The van der Waals surface area contributed by atoms with Gasteiger partial charge in [-0.1, -0.05) is 30.3 Å². The summed E-state index contributed by atoms with van der Waals surface area (Å²) in [6, 6.07) is 10.3. The second-order valence-electron chi connectivity index (χ2n) is 5.69. The van der Waals surface area contributed by atoms with E-state index < -0.39 is 35.0 Å². The van der Waals surface area contributed by atoms with Gasteiger partial charge in [-0.2, -0.15) is 0 Å². The lowest BCUT2D eigenvalue weighted by molar-refractivity contribution is -0.144. The molecule has 0 spiro atoms. The number of nitrogens with one attached hydrogen (secondary N) is 1. The Morgan fingerprint density at radius 3 is 2.24 bits per heavy atom. The number of carbonyl (C=O) groups is 2. The first-order valence-corrected chi connectivity index (χ1v) is 7.60. The van der Waals surface area contributed by atoms with Crippen molar-refractivity contribution in [1.82, 2.24) is 4.90 Å². The van der Waals surface area contributed by atoms with Crippen LogP contribution in [0, 0.1) is 17.5 Å².